The number of fused-ring (bicyclic) bond motifs is 1. The maximum atomic E-state index is 13.3. The molecule has 6 nitrogen and oxygen atoms in total. The van der Waals surface area contributed by atoms with Crippen LogP contribution in [0.1, 0.15) is 33.3 Å². The molecule has 3 aromatic carbocycles. The molecule has 0 spiro atoms. The lowest BCUT2D eigenvalue weighted by molar-refractivity contribution is 0.123. The summed E-state index contributed by atoms with van der Waals surface area (Å²) in [6.45, 7) is 8.35. The molecule has 0 radical (unpaired) electrons. The fourth-order valence-electron chi connectivity index (χ4n) is 3.46. The predicted molar refractivity (Wildman–Crippen MR) is 140 cm³/mol. The van der Waals surface area contributed by atoms with Crippen molar-refractivity contribution < 1.29 is 9.47 Å². The third kappa shape index (κ3) is 5.20. The Morgan fingerprint density at radius 2 is 1.76 bits per heavy atom. The average molecular weight is 520 g/mol. The van der Waals surface area contributed by atoms with Gasteiger partial charge in [-0.15, -0.1) is 0 Å². The number of hydrogen-bond acceptors (Lipinski definition) is 5. The maximum absolute atomic E-state index is 13.3. The van der Waals surface area contributed by atoms with Crippen molar-refractivity contribution in [3.63, 3.8) is 0 Å². The van der Waals surface area contributed by atoms with Gasteiger partial charge in [0.05, 0.1) is 28.2 Å². The SMILES string of the molecule is CCOc1cc(C=Nn2c(-c3ccccc3)nc3ccccc3c2=O)cc(Br)c1OC(C)(C)C. The fourth-order valence-corrected chi connectivity index (χ4v) is 4.00. The number of ether oxygens (including phenoxy) is 2. The zero-order chi connectivity index (χ0) is 24.3. The minimum atomic E-state index is -0.390. The minimum absolute atomic E-state index is 0.238. The van der Waals surface area contributed by atoms with E-state index < -0.39 is 5.60 Å². The summed E-state index contributed by atoms with van der Waals surface area (Å²) < 4.78 is 14.0. The van der Waals surface area contributed by atoms with Gasteiger partial charge in [-0.25, -0.2) is 4.98 Å². The molecular formula is C27H26BrN3O3. The van der Waals surface area contributed by atoms with E-state index in [1.54, 1.807) is 12.3 Å². The molecule has 0 unspecified atom stereocenters. The van der Waals surface area contributed by atoms with Crippen molar-refractivity contribution >= 4 is 33.0 Å². The lowest BCUT2D eigenvalue weighted by Gasteiger charge is -2.24. The summed E-state index contributed by atoms with van der Waals surface area (Å²) in [7, 11) is 0. The smallest absolute Gasteiger partial charge is 0.282 e. The second-order valence-corrected chi connectivity index (χ2v) is 9.51. The first-order valence-electron chi connectivity index (χ1n) is 11.0. The van der Waals surface area contributed by atoms with Gasteiger partial charge < -0.3 is 9.47 Å². The molecule has 0 saturated heterocycles. The Bertz CT molecular complexity index is 1410. The Morgan fingerprint density at radius 3 is 2.47 bits per heavy atom. The van der Waals surface area contributed by atoms with Gasteiger partial charge in [0.15, 0.2) is 17.3 Å². The molecular weight excluding hydrogens is 494 g/mol. The summed E-state index contributed by atoms with van der Waals surface area (Å²) in [5.74, 6) is 1.69. The van der Waals surface area contributed by atoms with Gasteiger partial charge in [0.25, 0.3) is 5.56 Å². The predicted octanol–water partition coefficient (Wildman–Crippen LogP) is 6.28. The van der Waals surface area contributed by atoms with Gasteiger partial charge in [-0.1, -0.05) is 42.5 Å². The minimum Gasteiger partial charge on any atom is -0.490 e. The van der Waals surface area contributed by atoms with Crippen molar-refractivity contribution in [1.29, 1.82) is 0 Å². The van der Waals surface area contributed by atoms with Crippen LogP contribution in [0.3, 0.4) is 0 Å². The number of hydrogen-bond donors (Lipinski definition) is 0. The first-order valence-corrected chi connectivity index (χ1v) is 11.8. The Balaban J connectivity index is 1.84. The summed E-state index contributed by atoms with van der Waals surface area (Å²) in [6.07, 6.45) is 1.62. The molecule has 1 heterocycles. The van der Waals surface area contributed by atoms with E-state index in [2.05, 4.69) is 21.0 Å². The highest BCUT2D eigenvalue weighted by Crippen LogP contribution is 2.38. The molecule has 0 fully saturated rings. The van der Waals surface area contributed by atoms with Crippen molar-refractivity contribution in [3.05, 3.63) is 87.1 Å². The number of aromatic nitrogens is 2. The molecule has 0 N–H and O–H groups in total. The molecule has 4 rings (SSSR count). The third-order valence-corrected chi connectivity index (χ3v) is 5.44. The Morgan fingerprint density at radius 1 is 1.06 bits per heavy atom. The van der Waals surface area contributed by atoms with Crippen LogP contribution in [0.4, 0.5) is 0 Å². The first kappa shape index (κ1) is 23.7. The summed E-state index contributed by atoms with van der Waals surface area (Å²) in [6, 6.07) is 20.6. The Kier molecular flexibility index (Phi) is 6.84. The summed E-state index contributed by atoms with van der Waals surface area (Å²) in [5.41, 5.74) is 1.54. The van der Waals surface area contributed by atoms with Crippen LogP contribution in [-0.4, -0.2) is 28.1 Å². The van der Waals surface area contributed by atoms with Gasteiger partial charge in [-0.05, 0) is 73.5 Å². The molecule has 0 aliphatic rings. The monoisotopic (exact) mass is 519 g/mol. The standard InChI is InChI=1S/C27H26BrN3O3/c1-5-33-23-16-18(15-21(28)24(23)34-27(2,3)4)17-29-31-25(19-11-7-6-8-12-19)30-22-14-10-9-13-20(22)26(31)32/h6-17H,5H2,1-4H3. The van der Waals surface area contributed by atoms with Crippen LogP contribution in [0.25, 0.3) is 22.3 Å². The van der Waals surface area contributed by atoms with E-state index in [1.807, 2.05) is 88.4 Å². The van der Waals surface area contributed by atoms with Gasteiger partial charge in [-0.2, -0.15) is 9.78 Å². The van der Waals surface area contributed by atoms with Crippen LogP contribution in [0.2, 0.25) is 0 Å². The van der Waals surface area contributed by atoms with Crippen LogP contribution in [0.5, 0.6) is 11.5 Å². The van der Waals surface area contributed by atoms with Crippen molar-refractivity contribution in [3.8, 4) is 22.9 Å². The second-order valence-electron chi connectivity index (χ2n) is 8.66. The maximum Gasteiger partial charge on any atom is 0.282 e. The molecule has 0 aliphatic carbocycles. The Labute approximate surface area is 207 Å². The van der Waals surface area contributed by atoms with Crippen LogP contribution < -0.4 is 15.0 Å². The molecule has 174 valence electrons. The quantitative estimate of drug-likeness (QED) is 0.281. The van der Waals surface area contributed by atoms with Crippen molar-refractivity contribution in [2.45, 2.75) is 33.3 Å². The number of nitrogens with zero attached hydrogens (tertiary/aromatic N) is 3. The molecule has 34 heavy (non-hydrogen) atoms. The highest BCUT2D eigenvalue weighted by atomic mass is 79.9. The first-order chi connectivity index (χ1) is 16.3. The molecule has 0 bridgehead atoms. The molecule has 4 aromatic rings. The van der Waals surface area contributed by atoms with Crippen LogP contribution in [-0.2, 0) is 0 Å². The van der Waals surface area contributed by atoms with Crippen molar-refractivity contribution in [2.24, 2.45) is 5.10 Å². The van der Waals surface area contributed by atoms with E-state index in [1.165, 1.54) is 4.68 Å². The molecule has 1 aromatic heterocycles. The molecule has 7 heteroatoms. The summed E-state index contributed by atoms with van der Waals surface area (Å²) in [5, 5.41) is 5.05. The van der Waals surface area contributed by atoms with Crippen molar-refractivity contribution in [2.75, 3.05) is 6.61 Å². The van der Waals surface area contributed by atoms with E-state index in [-0.39, 0.29) is 5.56 Å². The van der Waals surface area contributed by atoms with Gasteiger partial charge in [-0.3, -0.25) is 4.79 Å². The van der Waals surface area contributed by atoms with Crippen LogP contribution in [0.15, 0.2) is 81.1 Å². The van der Waals surface area contributed by atoms with Gasteiger partial charge in [0.2, 0.25) is 0 Å². The van der Waals surface area contributed by atoms with E-state index in [0.29, 0.717) is 34.8 Å². The Hall–Kier alpha value is -3.45. The number of halogens is 1. The number of benzene rings is 3. The van der Waals surface area contributed by atoms with E-state index in [9.17, 15) is 4.79 Å². The largest absolute Gasteiger partial charge is 0.490 e. The van der Waals surface area contributed by atoms with Gasteiger partial charge >= 0.3 is 0 Å². The van der Waals surface area contributed by atoms with E-state index in [4.69, 9.17) is 14.5 Å². The lowest BCUT2D eigenvalue weighted by atomic mass is 10.1. The zero-order valence-electron chi connectivity index (χ0n) is 19.6. The van der Waals surface area contributed by atoms with Gasteiger partial charge in [0, 0.05) is 5.56 Å². The fraction of sp³-hybridized carbons (Fsp3) is 0.222. The van der Waals surface area contributed by atoms with E-state index >= 15 is 0 Å². The zero-order valence-corrected chi connectivity index (χ0v) is 21.2. The van der Waals surface area contributed by atoms with Crippen LogP contribution in [0, 0.1) is 0 Å². The lowest BCUT2D eigenvalue weighted by Crippen LogP contribution is -2.23. The van der Waals surface area contributed by atoms with E-state index in [0.717, 1.165) is 15.6 Å². The second kappa shape index (κ2) is 9.81. The molecule has 0 amide bonds. The highest BCUT2D eigenvalue weighted by molar-refractivity contribution is 9.10. The summed E-state index contributed by atoms with van der Waals surface area (Å²) in [4.78, 5) is 18.1. The normalized spacial score (nSPS) is 11.8. The van der Waals surface area contributed by atoms with Crippen molar-refractivity contribution in [1.82, 2.24) is 9.66 Å². The molecule has 0 aliphatic heterocycles. The number of para-hydroxylation sites is 1. The van der Waals surface area contributed by atoms with Gasteiger partial charge in [0.1, 0.15) is 5.60 Å². The molecule has 0 atom stereocenters. The topological polar surface area (TPSA) is 65.7 Å². The highest BCUT2D eigenvalue weighted by Gasteiger charge is 2.19. The number of rotatable bonds is 6. The molecule has 0 saturated carbocycles. The third-order valence-electron chi connectivity index (χ3n) is 4.85. The van der Waals surface area contributed by atoms with Crippen LogP contribution >= 0.6 is 15.9 Å². The summed E-state index contributed by atoms with van der Waals surface area (Å²) >= 11 is 3.60. The average Bonchev–Trinajstić information content (AvgIpc) is 2.81.